The molecule has 0 fully saturated rings. The first-order chi connectivity index (χ1) is 11.1. The maximum atomic E-state index is 12.8. The third kappa shape index (κ3) is 2.22. The SMILES string of the molecule is CC1(C)CC(=O)N(Cc2ccccc2)c2c1nc1ccccn21. The Hall–Kier alpha value is -2.62. The topological polar surface area (TPSA) is 37.6 Å². The van der Waals surface area contributed by atoms with Gasteiger partial charge < -0.3 is 0 Å². The van der Waals surface area contributed by atoms with Gasteiger partial charge in [-0.3, -0.25) is 14.1 Å². The molecule has 0 spiro atoms. The van der Waals surface area contributed by atoms with Crippen LogP contribution in [0, 0.1) is 0 Å². The zero-order valence-corrected chi connectivity index (χ0v) is 13.4. The summed E-state index contributed by atoms with van der Waals surface area (Å²) in [5.74, 6) is 1.06. The van der Waals surface area contributed by atoms with Crippen LogP contribution in [0.15, 0.2) is 54.7 Å². The Morgan fingerprint density at radius 3 is 2.61 bits per heavy atom. The number of rotatable bonds is 2. The van der Waals surface area contributed by atoms with Crippen LogP contribution in [0.4, 0.5) is 5.82 Å². The van der Waals surface area contributed by atoms with Crippen molar-refractivity contribution in [2.75, 3.05) is 4.90 Å². The molecule has 3 aromatic rings. The third-order valence-corrected chi connectivity index (χ3v) is 4.48. The number of benzene rings is 1. The van der Waals surface area contributed by atoms with Crippen molar-refractivity contribution in [3.05, 3.63) is 66.0 Å². The van der Waals surface area contributed by atoms with Gasteiger partial charge in [0.05, 0.1) is 12.2 Å². The number of fused-ring (bicyclic) bond motifs is 3. The van der Waals surface area contributed by atoms with E-state index in [1.807, 2.05) is 51.9 Å². The van der Waals surface area contributed by atoms with Crippen molar-refractivity contribution in [1.82, 2.24) is 9.38 Å². The number of carbonyl (C=O) groups excluding carboxylic acids is 1. The Kier molecular flexibility index (Phi) is 3.01. The van der Waals surface area contributed by atoms with Crippen LogP contribution in [0.1, 0.15) is 31.5 Å². The molecular formula is C19H19N3O. The summed E-state index contributed by atoms with van der Waals surface area (Å²) in [5.41, 5.74) is 2.76. The van der Waals surface area contributed by atoms with Gasteiger partial charge in [-0.1, -0.05) is 50.2 Å². The van der Waals surface area contributed by atoms with E-state index >= 15 is 0 Å². The van der Waals surface area contributed by atoms with Gasteiger partial charge in [-0.2, -0.15) is 0 Å². The molecule has 4 rings (SSSR count). The van der Waals surface area contributed by atoms with Crippen LogP contribution in [0.5, 0.6) is 0 Å². The number of aromatic nitrogens is 2. The molecule has 3 heterocycles. The molecule has 1 aromatic carbocycles. The van der Waals surface area contributed by atoms with Gasteiger partial charge in [-0.05, 0) is 17.7 Å². The summed E-state index contributed by atoms with van der Waals surface area (Å²) in [4.78, 5) is 19.5. The lowest BCUT2D eigenvalue weighted by molar-refractivity contribution is -0.120. The highest BCUT2D eigenvalue weighted by atomic mass is 16.2. The van der Waals surface area contributed by atoms with Gasteiger partial charge in [0, 0.05) is 18.0 Å². The number of hydrogen-bond donors (Lipinski definition) is 0. The number of imidazole rings is 1. The van der Waals surface area contributed by atoms with Gasteiger partial charge in [0.25, 0.3) is 0 Å². The molecule has 4 nitrogen and oxygen atoms in total. The van der Waals surface area contributed by atoms with Crippen LogP contribution in [0.2, 0.25) is 0 Å². The number of hydrogen-bond acceptors (Lipinski definition) is 2. The zero-order valence-electron chi connectivity index (χ0n) is 13.4. The van der Waals surface area contributed by atoms with Crippen LogP contribution in [0.25, 0.3) is 5.65 Å². The highest BCUT2D eigenvalue weighted by molar-refractivity contribution is 5.97. The number of pyridine rings is 1. The molecule has 1 aliphatic rings. The first kappa shape index (κ1) is 14.0. The first-order valence-corrected chi connectivity index (χ1v) is 7.88. The lowest BCUT2D eigenvalue weighted by atomic mass is 9.82. The Morgan fingerprint density at radius 1 is 1.09 bits per heavy atom. The van der Waals surface area contributed by atoms with E-state index in [0.29, 0.717) is 13.0 Å². The Bertz CT molecular complexity index is 880. The monoisotopic (exact) mass is 305 g/mol. The zero-order chi connectivity index (χ0) is 16.0. The Morgan fingerprint density at radius 2 is 1.83 bits per heavy atom. The van der Waals surface area contributed by atoms with Crippen molar-refractivity contribution in [1.29, 1.82) is 0 Å². The van der Waals surface area contributed by atoms with Crippen molar-refractivity contribution in [2.24, 2.45) is 0 Å². The highest BCUT2D eigenvalue weighted by Crippen LogP contribution is 2.40. The van der Waals surface area contributed by atoms with E-state index < -0.39 is 0 Å². The van der Waals surface area contributed by atoms with Crippen LogP contribution in [-0.2, 0) is 16.8 Å². The van der Waals surface area contributed by atoms with E-state index in [2.05, 4.69) is 26.0 Å². The number of amides is 1. The second-order valence-corrected chi connectivity index (χ2v) is 6.74. The quantitative estimate of drug-likeness (QED) is 0.726. The molecular weight excluding hydrogens is 286 g/mol. The summed E-state index contributed by atoms with van der Waals surface area (Å²) in [6.45, 7) is 4.76. The summed E-state index contributed by atoms with van der Waals surface area (Å²) >= 11 is 0. The standard InChI is InChI=1S/C19H19N3O/c1-19(2)12-16(23)22(13-14-8-4-3-5-9-14)18-17(19)20-15-10-6-7-11-21(15)18/h3-11H,12-13H2,1-2H3. The minimum absolute atomic E-state index is 0.150. The predicted octanol–water partition coefficient (Wildman–Crippen LogP) is 3.55. The molecule has 1 aliphatic heterocycles. The molecule has 2 aromatic heterocycles. The van der Waals surface area contributed by atoms with E-state index in [9.17, 15) is 4.79 Å². The average Bonchev–Trinajstić information content (AvgIpc) is 2.93. The van der Waals surface area contributed by atoms with Gasteiger partial charge >= 0.3 is 0 Å². The minimum Gasteiger partial charge on any atom is -0.292 e. The van der Waals surface area contributed by atoms with Crippen molar-refractivity contribution in [3.63, 3.8) is 0 Å². The van der Waals surface area contributed by atoms with E-state index in [0.717, 1.165) is 22.7 Å². The molecule has 116 valence electrons. The molecule has 0 saturated heterocycles. The Balaban J connectivity index is 1.89. The average molecular weight is 305 g/mol. The minimum atomic E-state index is -0.244. The molecule has 0 atom stereocenters. The van der Waals surface area contributed by atoms with Crippen LogP contribution < -0.4 is 4.90 Å². The summed E-state index contributed by atoms with van der Waals surface area (Å²) in [5, 5.41) is 0. The largest absolute Gasteiger partial charge is 0.292 e. The smallest absolute Gasteiger partial charge is 0.229 e. The molecule has 1 amide bonds. The lowest BCUT2D eigenvalue weighted by Gasteiger charge is -2.35. The predicted molar refractivity (Wildman–Crippen MR) is 90.5 cm³/mol. The van der Waals surface area contributed by atoms with Gasteiger partial charge in [0.2, 0.25) is 5.91 Å². The second kappa shape index (κ2) is 4.95. The Labute approximate surface area is 135 Å². The van der Waals surface area contributed by atoms with Crippen LogP contribution in [-0.4, -0.2) is 15.3 Å². The van der Waals surface area contributed by atoms with Gasteiger partial charge in [-0.25, -0.2) is 4.98 Å². The summed E-state index contributed by atoms with van der Waals surface area (Å²) in [6, 6.07) is 16.0. The fourth-order valence-corrected chi connectivity index (χ4v) is 3.30. The van der Waals surface area contributed by atoms with Gasteiger partial charge in [-0.15, -0.1) is 0 Å². The summed E-state index contributed by atoms with van der Waals surface area (Å²) in [6.07, 6.45) is 2.46. The lowest BCUT2D eigenvalue weighted by Crippen LogP contribution is -2.42. The van der Waals surface area contributed by atoms with Gasteiger partial charge in [0.15, 0.2) is 0 Å². The highest BCUT2D eigenvalue weighted by Gasteiger charge is 2.40. The fourth-order valence-electron chi connectivity index (χ4n) is 3.30. The molecule has 0 aliphatic carbocycles. The van der Waals surface area contributed by atoms with Crippen molar-refractivity contribution in [3.8, 4) is 0 Å². The first-order valence-electron chi connectivity index (χ1n) is 7.88. The molecule has 0 radical (unpaired) electrons. The normalized spacial score (nSPS) is 16.6. The van der Waals surface area contributed by atoms with Crippen molar-refractivity contribution in [2.45, 2.75) is 32.2 Å². The van der Waals surface area contributed by atoms with E-state index in [1.54, 1.807) is 0 Å². The molecule has 4 heteroatoms. The molecule has 0 saturated carbocycles. The van der Waals surface area contributed by atoms with Gasteiger partial charge in [0.1, 0.15) is 11.5 Å². The maximum Gasteiger partial charge on any atom is 0.229 e. The second-order valence-electron chi connectivity index (χ2n) is 6.74. The van der Waals surface area contributed by atoms with E-state index in [4.69, 9.17) is 4.98 Å². The van der Waals surface area contributed by atoms with Crippen molar-refractivity contribution >= 4 is 17.4 Å². The number of nitrogens with zero attached hydrogens (tertiary/aromatic N) is 3. The summed E-state index contributed by atoms with van der Waals surface area (Å²) < 4.78 is 2.02. The van der Waals surface area contributed by atoms with Crippen molar-refractivity contribution < 1.29 is 4.79 Å². The number of anilines is 1. The maximum absolute atomic E-state index is 12.8. The van der Waals surface area contributed by atoms with Crippen LogP contribution in [0.3, 0.4) is 0 Å². The third-order valence-electron chi connectivity index (χ3n) is 4.48. The van der Waals surface area contributed by atoms with Crippen LogP contribution >= 0.6 is 0 Å². The molecule has 23 heavy (non-hydrogen) atoms. The number of carbonyl (C=O) groups is 1. The van der Waals surface area contributed by atoms with E-state index in [1.165, 1.54) is 0 Å². The molecule has 0 N–H and O–H groups in total. The summed E-state index contributed by atoms with van der Waals surface area (Å²) in [7, 11) is 0. The molecule has 0 bridgehead atoms. The molecule has 0 unspecified atom stereocenters. The van der Waals surface area contributed by atoms with E-state index in [-0.39, 0.29) is 11.3 Å². The fraction of sp³-hybridized carbons (Fsp3) is 0.263.